The predicted molar refractivity (Wildman–Crippen MR) is 23.8 cm³/mol. The summed E-state index contributed by atoms with van der Waals surface area (Å²) in [5.41, 5.74) is 0. The topological polar surface area (TPSA) is 20.2 Å². The van der Waals surface area contributed by atoms with Crippen LogP contribution in [0.25, 0.3) is 0 Å². The third kappa shape index (κ3) is 10.9. The minimum atomic E-state index is -0.583. The molecule has 0 aromatic rings. The van der Waals surface area contributed by atoms with E-state index in [1.165, 1.54) is 0 Å². The van der Waals surface area contributed by atoms with Crippen molar-refractivity contribution in [2.45, 2.75) is 6.55 Å². The minimum absolute atomic E-state index is 0. The molecule has 22 valence electrons. The third-order valence-corrected chi connectivity index (χ3v) is 0. The van der Waals surface area contributed by atoms with Gasteiger partial charge in [-0.2, -0.15) is 0 Å². The second-order valence-corrected chi connectivity index (χ2v) is 0.949. The zero-order valence-corrected chi connectivity index (χ0v) is 3.57. The van der Waals surface area contributed by atoms with Gasteiger partial charge in [-0.1, -0.05) is 6.55 Å². The Morgan fingerprint density at radius 3 is 1.75 bits per heavy atom. The summed E-state index contributed by atoms with van der Waals surface area (Å²) in [7, 11) is -0.583. The Morgan fingerprint density at radius 2 is 1.75 bits per heavy atom. The van der Waals surface area contributed by atoms with Crippen molar-refractivity contribution >= 4 is 39.3 Å². The zero-order chi connectivity index (χ0) is 2.71. The van der Waals surface area contributed by atoms with Gasteiger partial charge in [0.15, 0.2) is 9.76 Å². The molecule has 0 atom stereocenters. The van der Waals surface area contributed by atoms with Crippen LogP contribution in [-0.4, -0.2) is 44.1 Å². The molecule has 0 amide bonds. The molecule has 0 spiro atoms. The quantitative estimate of drug-likeness (QED) is 0.354. The van der Waals surface area contributed by atoms with Gasteiger partial charge in [0, 0.05) is 0 Å². The Balaban J connectivity index is 0. The standard InChI is InChI=1S/CH6OSi.Na.H/c1-3-2;;/h2H,3H2,1H3;;. The fraction of sp³-hybridized carbons (Fsp3) is 1.00. The monoisotopic (exact) mass is 86.0 g/mol. The normalized spacial score (nSPS) is 7.50. The molecule has 1 N–H and O–H groups in total. The second-order valence-electron chi connectivity index (χ2n) is 0.316. The van der Waals surface area contributed by atoms with E-state index in [1.807, 2.05) is 6.55 Å². The molecule has 0 rings (SSSR count). The Labute approximate surface area is 50.6 Å². The van der Waals surface area contributed by atoms with Gasteiger partial charge in [-0.15, -0.1) is 0 Å². The fourth-order valence-electron chi connectivity index (χ4n) is 0. The zero-order valence-electron chi connectivity index (χ0n) is 2.15. The molecular weight excluding hydrogens is 79.1 g/mol. The van der Waals surface area contributed by atoms with Crippen molar-refractivity contribution in [3.05, 3.63) is 0 Å². The molecule has 0 unspecified atom stereocenters. The molecule has 0 bridgehead atoms. The van der Waals surface area contributed by atoms with Crippen LogP contribution in [0.3, 0.4) is 0 Å². The summed E-state index contributed by atoms with van der Waals surface area (Å²) in [6.45, 7) is 1.82. The molecular formula is CH7NaOSi. The molecule has 0 saturated heterocycles. The van der Waals surface area contributed by atoms with Crippen molar-refractivity contribution in [2.75, 3.05) is 0 Å². The van der Waals surface area contributed by atoms with Crippen LogP contribution >= 0.6 is 0 Å². The van der Waals surface area contributed by atoms with E-state index in [0.717, 1.165) is 0 Å². The molecule has 0 aromatic heterocycles. The van der Waals surface area contributed by atoms with E-state index in [-0.39, 0.29) is 29.6 Å². The molecule has 0 aliphatic carbocycles. The number of hydrogen-bond donors (Lipinski definition) is 1. The van der Waals surface area contributed by atoms with Crippen molar-refractivity contribution in [1.29, 1.82) is 0 Å². The van der Waals surface area contributed by atoms with Crippen LogP contribution in [0.15, 0.2) is 0 Å². The molecule has 0 saturated carbocycles. The first kappa shape index (κ1) is 8.95. The Hall–Kier alpha value is 1.18. The molecule has 0 radical (unpaired) electrons. The van der Waals surface area contributed by atoms with E-state index in [0.29, 0.717) is 0 Å². The summed E-state index contributed by atoms with van der Waals surface area (Å²) in [4.78, 5) is 7.71. The van der Waals surface area contributed by atoms with Crippen LogP contribution in [0.4, 0.5) is 0 Å². The maximum atomic E-state index is 7.71. The molecule has 0 heterocycles. The SMILES string of the molecule is C[SiH2]O.[NaH]. The average Bonchev–Trinajstić information content (AvgIpc) is 0.918. The summed E-state index contributed by atoms with van der Waals surface area (Å²) in [6, 6.07) is 0. The third-order valence-electron chi connectivity index (χ3n) is 0. The van der Waals surface area contributed by atoms with Gasteiger partial charge in [-0.05, 0) is 0 Å². The van der Waals surface area contributed by atoms with Gasteiger partial charge < -0.3 is 4.80 Å². The van der Waals surface area contributed by atoms with Gasteiger partial charge >= 0.3 is 29.6 Å². The van der Waals surface area contributed by atoms with Crippen LogP contribution in [-0.2, 0) is 0 Å². The van der Waals surface area contributed by atoms with Gasteiger partial charge in [0.1, 0.15) is 0 Å². The van der Waals surface area contributed by atoms with Crippen molar-refractivity contribution < 1.29 is 4.80 Å². The molecule has 0 aliphatic rings. The predicted octanol–water partition coefficient (Wildman–Crippen LogP) is -1.54. The summed E-state index contributed by atoms with van der Waals surface area (Å²) in [5.74, 6) is 0. The summed E-state index contributed by atoms with van der Waals surface area (Å²) >= 11 is 0. The van der Waals surface area contributed by atoms with Crippen LogP contribution in [0.5, 0.6) is 0 Å². The van der Waals surface area contributed by atoms with Crippen molar-refractivity contribution in [3.8, 4) is 0 Å². The second kappa shape index (κ2) is 8.90. The van der Waals surface area contributed by atoms with E-state index < -0.39 is 9.76 Å². The Kier molecular flexibility index (Phi) is 19.9. The summed E-state index contributed by atoms with van der Waals surface area (Å²) < 4.78 is 0. The van der Waals surface area contributed by atoms with Crippen LogP contribution in [0.1, 0.15) is 0 Å². The number of hydrogen-bond acceptors (Lipinski definition) is 1. The van der Waals surface area contributed by atoms with Gasteiger partial charge in [-0.3, -0.25) is 0 Å². The van der Waals surface area contributed by atoms with E-state index in [9.17, 15) is 0 Å². The molecule has 0 aromatic carbocycles. The van der Waals surface area contributed by atoms with Crippen molar-refractivity contribution in [3.63, 3.8) is 0 Å². The molecule has 4 heavy (non-hydrogen) atoms. The van der Waals surface area contributed by atoms with Crippen LogP contribution in [0, 0.1) is 0 Å². The first-order valence-corrected chi connectivity index (χ1v) is 3.07. The van der Waals surface area contributed by atoms with E-state index in [2.05, 4.69) is 0 Å². The fourth-order valence-corrected chi connectivity index (χ4v) is 0. The van der Waals surface area contributed by atoms with Gasteiger partial charge in [-0.25, -0.2) is 0 Å². The molecule has 1 nitrogen and oxygen atoms in total. The van der Waals surface area contributed by atoms with Crippen LogP contribution in [0.2, 0.25) is 6.55 Å². The van der Waals surface area contributed by atoms with E-state index in [4.69, 9.17) is 4.80 Å². The molecule has 3 heteroatoms. The van der Waals surface area contributed by atoms with Gasteiger partial charge in [0.2, 0.25) is 0 Å². The van der Waals surface area contributed by atoms with Crippen molar-refractivity contribution in [1.82, 2.24) is 0 Å². The first-order chi connectivity index (χ1) is 1.41. The first-order valence-electron chi connectivity index (χ1n) is 1.02. The average molecular weight is 86.1 g/mol. The van der Waals surface area contributed by atoms with E-state index >= 15 is 0 Å². The maximum absolute atomic E-state index is 7.71. The number of rotatable bonds is 0. The Bertz CT molecular complexity index is 8.00. The molecule has 0 fully saturated rings. The molecule has 0 aliphatic heterocycles. The van der Waals surface area contributed by atoms with Crippen LogP contribution < -0.4 is 0 Å². The summed E-state index contributed by atoms with van der Waals surface area (Å²) in [6.07, 6.45) is 0. The van der Waals surface area contributed by atoms with Gasteiger partial charge in [0.25, 0.3) is 0 Å². The van der Waals surface area contributed by atoms with E-state index in [1.54, 1.807) is 0 Å². The summed E-state index contributed by atoms with van der Waals surface area (Å²) in [5, 5.41) is 0. The van der Waals surface area contributed by atoms with Gasteiger partial charge in [0.05, 0.1) is 0 Å². The van der Waals surface area contributed by atoms with Crippen molar-refractivity contribution in [2.24, 2.45) is 0 Å². The Morgan fingerprint density at radius 1 is 1.75 bits per heavy atom.